The molecule has 20 heavy (non-hydrogen) atoms. The van der Waals surface area contributed by atoms with Crippen molar-refractivity contribution in [2.45, 2.75) is 12.2 Å². The number of esters is 1. The van der Waals surface area contributed by atoms with Gasteiger partial charge in [-0.25, -0.2) is 4.79 Å². The molecule has 0 aliphatic rings. The average molecular weight is 291 g/mol. The van der Waals surface area contributed by atoms with Crippen LogP contribution in [0.2, 0.25) is 0 Å². The maximum absolute atomic E-state index is 12.6. The van der Waals surface area contributed by atoms with Crippen LogP contribution in [0.15, 0.2) is 24.3 Å². The van der Waals surface area contributed by atoms with Gasteiger partial charge in [-0.15, -0.1) is 0 Å². The number of carbonyl (C=O) groups is 2. The highest BCUT2D eigenvalue weighted by Crippen LogP contribution is 2.21. The second kappa shape index (κ2) is 6.27. The molecule has 1 aromatic rings. The standard InChI is InChI=1S/C12H12F3NO4/c1-19-8-5-3-7(4-6-8)10(17)16-9(11(18)20-2)12(13,14)15/h3-6,9H,1-2H3,(H,16,17)/t9-/m0/s1. The summed E-state index contributed by atoms with van der Waals surface area (Å²) in [6.45, 7) is 0. The Bertz CT molecular complexity index is 484. The summed E-state index contributed by atoms with van der Waals surface area (Å²) in [5.74, 6) is -2.18. The van der Waals surface area contributed by atoms with Gasteiger partial charge in [-0.1, -0.05) is 0 Å². The predicted molar refractivity (Wildman–Crippen MR) is 62.3 cm³/mol. The van der Waals surface area contributed by atoms with E-state index in [1.165, 1.54) is 31.4 Å². The number of halogens is 3. The van der Waals surface area contributed by atoms with E-state index in [0.717, 1.165) is 7.11 Å². The Morgan fingerprint density at radius 2 is 1.70 bits per heavy atom. The number of hydrogen-bond donors (Lipinski definition) is 1. The lowest BCUT2D eigenvalue weighted by atomic mass is 10.2. The average Bonchev–Trinajstić information content (AvgIpc) is 2.42. The lowest BCUT2D eigenvalue weighted by Crippen LogP contribution is -2.51. The minimum Gasteiger partial charge on any atom is -0.497 e. The number of rotatable bonds is 4. The Hall–Kier alpha value is -2.25. The molecule has 0 saturated carbocycles. The van der Waals surface area contributed by atoms with Gasteiger partial charge in [0, 0.05) is 5.56 Å². The number of ether oxygens (including phenoxy) is 2. The van der Waals surface area contributed by atoms with Crippen molar-refractivity contribution in [3.05, 3.63) is 29.8 Å². The number of hydrogen-bond acceptors (Lipinski definition) is 4. The third-order valence-electron chi connectivity index (χ3n) is 2.39. The van der Waals surface area contributed by atoms with Crippen molar-refractivity contribution in [1.82, 2.24) is 5.32 Å². The van der Waals surface area contributed by atoms with Crippen LogP contribution in [-0.2, 0) is 9.53 Å². The quantitative estimate of drug-likeness (QED) is 0.854. The van der Waals surface area contributed by atoms with Gasteiger partial charge in [0.05, 0.1) is 14.2 Å². The van der Waals surface area contributed by atoms with Crippen LogP contribution in [0.5, 0.6) is 5.75 Å². The first kappa shape index (κ1) is 15.8. The van der Waals surface area contributed by atoms with Gasteiger partial charge >= 0.3 is 12.1 Å². The molecule has 1 N–H and O–H groups in total. The summed E-state index contributed by atoms with van der Waals surface area (Å²) in [5, 5.41) is 1.58. The van der Waals surface area contributed by atoms with E-state index >= 15 is 0 Å². The second-order valence-electron chi connectivity index (χ2n) is 3.70. The van der Waals surface area contributed by atoms with Gasteiger partial charge in [-0.3, -0.25) is 4.79 Å². The van der Waals surface area contributed by atoms with Crippen LogP contribution in [0, 0.1) is 0 Å². The van der Waals surface area contributed by atoms with E-state index in [9.17, 15) is 22.8 Å². The number of nitrogens with one attached hydrogen (secondary N) is 1. The van der Waals surface area contributed by atoms with Gasteiger partial charge in [0.25, 0.3) is 5.91 Å². The Labute approximate surface area is 112 Å². The highest BCUT2D eigenvalue weighted by Gasteiger charge is 2.47. The maximum atomic E-state index is 12.6. The van der Waals surface area contributed by atoms with E-state index in [0.29, 0.717) is 5.75 Å². The molecule has 0 aliphatic heterocycles. The number of benzene rings is 1. The molecule has 110 valence electrons. The Kier molecular flexibility index (Phi) is 4.95. The van der Waals surface area contributed by atoms with E-state index in [4.69, 9.17) is 4.74 Å². The minimum atomic E-state index is -4.94. The van der Waals surface area contributed by atoms with Crippen molar-refractivity contribution in [2.24, 2.45) is 0 Å². The zero-order chi connectivity index (χ0) is 15.3. The van der Waals surface area contributed by atoms with Gasteiger partial charge in [-0.05, 0) is 24.3 Å². The molecule has 0 radical (unpaired) electrons. The van der Waals surface area contributed by atoms with E-state index in [1.54, 1.807) is 5.32 Å². The summed E-state index contributed by atoms with van der Waals surface area (Å²) in [6.07, 6.45) is -4.94. The van der Waals surface area contributed by atoms with E-state index < -0.39 is 24.1 Å². The third kappa shape index (κ3) is 3.87. The van der Waals surface area contributed by atoms with Crippen LogP contribution in [0.4, 0.5) is 13.2 Å². The zero-order valence-electron chi connectivity index (χ0n) is 10.7. The van der Waals surface area contributed by atoms with Crippen molar-refractivity contribution in [2.75, 3.05) is 14.2 Å². The minimum absolute atomic E-state index is 0.0380. The van der Waals surface area contributed by atoms with Gasteiger partial charge < -0.3 is 14.8 Å². The first-order valence-electron chi connectivity index (χ1n) is 5.39. The summed E-state index contributed by atoms with van der Waals surface area (Å²) in [4.78, 5) is 22.7. The van der Waals surface area contributed by atoms with Gasteiger partial charge in [0.15, 0.2) is 0 Å². The zero-order valence-corrected chi connectivity index (χ0v) is 10.7. The monoisotopic (exact) mass is 291 g/mol. The second-order valence-corrected chi connectivity index (χ2v) is 3.70. The molecular weight excluding hydrogens is 279 g/mol. The largest absolute Gasteiger partial charge is 0.497 e. The van der Waals surface area contributed by atoms with Gasteiger partial charge in [0.2, 0.25) is 6.04 Å². The van der Waals surface area contributed by atoms with Crippen LogP contribution in [-0.4, -0.2) is 38.3 Å². The van der Waals surface area contributed by atoms with Gasteiger partial charge in [0.1, 0.15) is 5.75 Å². The normalized spacial score (nSPS) is 12.4. The fourth-order valence-electron chi connectivity index (χ4n) is 1.35. The fraction of sp³-hybridized carbons (Fsp3) is 0.333. The molecule has 0 heterocycles. The van der Waals surface area contributed by atoms with Crippen LogP contribution in [0.25, 0.3) is 0 Å². The first-order valence-corrected chi connectivity index (χ1v) is 5.39. The third-order valence-corrected chi connectivity index (χ3v) is 2.39. The molecule has 0 aromatic heterocycles. The SMILES string of the molecule is COC(=O)[C@H](NC(=O)c1ccc(OC)cc1)C(F)(F)F. The maximum Gasteiger partial charge on any atom is 0.419 e. The smallest absolute Gasteiger partial charge is 0.419 e. The van der Waals surface area contributed by atoms with Crippen molar-refractivity contribution < 1.29 is 32.2 Å². The van der Waals surface area contributed by atoms with Crippen molar-refractivity contribution in [3.8, 4) is 5.75 Å². The van der Waals surface area contributed by atoms with E-state index in [2.05, 4.69) is 4.74 Å². The van der Waals surface area contributed by atoms with Crippen LogP contribution in [0.1, 0.15) is 10.4 Å². The lowest BCUT2D eigenvalue weighted by Gasteiger charge is -2.19. The van der Waals surface area contributed by atoms with Crippen molar-refractivity contribution >= 4 is 11.9 Å². The molecule has 0 fully saturated rings. The van der Waals surface area contributed by atoms with Crippen LogP contribution in [0.3, 0.4) is 0 Å². The first-order chi connectivity index (χ1) is 9.29. The molecule has 1 aromatic carbocycles. The number of alkyl halides is 3. The molecular formula is C12H12F3NO4. The molecule has 0 aliphatic carbocycles. The predicted octanol–water partition coefficient (Wildman–Crippen LogP) is 1.53. The van der Waals surface area contributed by atoms with Crippen molar-refractivity contribution in [3.63, 3.8) is 0 Å². The lowest BCUT2D eigenvalue weighted by molar-refractivity contribution is -0.180. The molecule has 8 heteroatoms. The highest BCUT2D eigenvalue weighted by molar-refractivity contribution is 5.97. The molecule has 0 spiro atoms. The van der Waals surface area contributed by atoms with Crippen LogP contribution < -0.4 is 10.1 Å². The van der Waals surface area contributed by atoms with E-state index in [-0.39, 0.29) is 5.56 Å². The summed E-state index contributed by atoms with van der Waals surface area (Å²) >= 11 is 0. The number of methoxy groups -OCH3 is 2. The van der Waals surface area contributed by atoms with Gasteiger partial charge in [-0.2, -0.15) is 13.2 Å². The van der Waals surface area contributed by atoms with Crippen molar-refractivity contribution in [1.29, 1.82) is 0 Å². The molecule has 0 bridgehead atoms. The summed E-state index contributed by atoms with van der Waals surface area (Å²) < 4.78 is 46.7. The Morgan fingerprint density at radius 3 is 2.10 bits per heavy atom. The molecule has 5 nitrogen and oxygen atoms in total. The Morgan fingerprint density at radius 1 is 1.15 bits per heavy atom. The van der Waals surface area contributed by atoms with E-state index in [1.807, 2.05) is 0 Å². The fourth-order valence-corrected chi connectivity index (χ4v) is 1.35. The molecule has 1 amide bonds. The molecule has 1 rings (SSSR count). The summed E-state index contributed by atoms with van der Waals surface area (Å²) in [6, 6.07) is 2.67. The number of carbonyl (C=O) groups excluding carboxylic acids is 2. The van der Waals surface area contributed by atoms with Crippen LogP contribution >= 0.6 is 0 Å². The molecule has 1 atom stereocenters. The summed E-state index contributed by atoms with van der Waals surface area (Å²) in [7, 11) is 2.21. The molecule has 0 unspecified atom stereocenters. The Balaban J connectivity index is 2.87. The topological polar surface area (TPSA) is 64.6 Å². The molecule has 0 saturated heterocycles. The summed E-state index contributed by atoms with van der Waals surface area (Å²) in [5.41, 5.74) is -0.0380. The number of amides is 1. The highest BCUT2D eigenvalue weighted by atomic mass is 19.4.